The third-order valence-electron chi connectivity index (χ3n) is 5.94. The summed E-state index contributed by atoms with van der Waals surface area (Å²) >= 11 is 0. The Kier molecular flexibility index (Phi) is 5.73. The van der Waals surface area contributed by atoms with E-state index in [2.05, 4.69) is 0 Å². The fraction of sp³-hybridized carbons (Fsp3) is 0.259. The molecule has 0 bridgehead atoms. The fourth-order valence-corrected chi connectivity index (χ4v) is 4.12. The molecule has 3 aromatic rings. The van der Waals surface area contributed by atoms with Crippen molar-refractivity contribution in [3.05, 3.63) is 82.8 Å². The van der Waals surface area contributed by atoms with Crippen molar-refractivity contribution in [1.29, 1.82) is 0 Å². The van der Waals surface area contributed by atoms with E-state index >= 15 is 0 Å². The Balaban J connectivity index is 2.00. The molecule has 1 fully saturated rings. The highest BCUT2D eigenvalue weighted by Gasteiger charge is 2.49. The maximum absolute atomic E-state index is 13.3. The van der Waals surface area contributed by atoms with E-state index in [9.17, 15) is 19.8 Å². The number of carbonyl (C=O) groups is 2. The lowest BCUT2D eigenvalue weighted by molar-refractivity contribution is -0.132. The minimum Gasteiger partial charge on any atom is -0.507 e. The second kappa shape index (κ2) is 8.41. The van der Waals surface area contributed by atoms with Gasteiger partial charge in [-0.15, -0.1) is 0 Å². The summed E-state index contributed by atoms with van der Waals surface area (Å²) in [5.41, 5.74) is 0.958. The molecule has 0 spiro atoms. The van der Waals surface area contributed by atoms with E-state index in [4.69, 9.17) is 9.15 Å². The molecule has 7 nitrogen and oxygen atoms in total. The number of benzene rings is 2. The molecule has 1 atom stereocenters. The number of aryl methyl sites for hydroxylation is 1. The van der Waals surface area contributed by atoms with Crippen molar-refractivity contribution in [2.75, 3.05) is 12.0 Å². The lowest BCUT2D eigenvalue weighted by Crippen LogP contribution is -2.29. The first-order chi connectivity index (χ1) is 16.0. The number of aliphatic hydroxyl groups is 1. The number of methoxy groups -OCH3 is 1. The number of phenolic OH excluding ortho intramolecular Hbond substituents is 1. The number of rotatable bonds is 4. The van der Waals surface area contributed by atoms with Gasteiger partial charge in [0, 0.05) is 0 Å². The van der Waals surface area contributed by atoms with Crippen LogP contribution in [0.25, 0.3) is 5.76 Å². The van der Waals surface area contributed by atoms with Crippen LogP contribution in [0.3, 0.4) is 0 Å². The third kappa shape index (κ3) is 3.83. The molecule has 2 N–H and O–H groups in total. The molecule has 7 heteroatoms. The molecule has 0 radical (unpaired) electrons. The topological polar surface area (TPSA) is 100 Å². The molecule has 1 unspecified atom stereocenters. The average Bonchev–Trinajstić information content (AvgIpc) is 3.33. The average molecular weight is 462 g/mol. The van der Waals surface area contributed by atoms with Crippen LogP contribution in [-0.2, 0) is 15.0 Å². The Morgan fingerprint density at radius 3 is 2.35 bits per heavy atom. The predicted octanol–water partition coefficient (Wildman–Crippen LogP) is 5.23. The van der Waals surface area contributed by atoms with Gasteiger partial charge in [-0.1, -0.05) is 39.0 Å². The number of aliphatic hydroxyl groups excluding tert-OH is 1. The molecule has 1 aliphatic heterocycles. The Bertz CT molecular complexity index is 1310. The van der Waals surface area contributed by atoms with Gasteiger partial charge < -0.3 is 19.4 Å². The maximum Gasteiger partial charge on any atom is 0.300 e. The summed E-state index contributed by atoms with van der Waals surface area (Å²) in [7, 11) is 1.47. The molecule has 2 heterocycles. The van der Waals surface area contributed by atoms with Gasteiger partial charge in [-0.05, 0) is 54.3 Å². The van der Waals surface area contributed by atoms with E-state index in [1.54, 1.807) is 43.3 Å². The minimum atomic E-state index is -1.08. The zero-order valence-corrected chi connectivity index (χ0v) is 19.7. The van der Waals surface area contributed by atoms with Crippen molar-refractivity contribution in [2.24, 2.45) is 0 Å². The summed E-state index contributed by atoms with van der Waals surface area (Å²) in [6.45, 7) is 7.83. The van der Waals surface area contributed by atoms with Gasteiger partial charge in [-0.3, -0.25) is 14.5 Å². The van der Waals surface area contributed by atoms with Crippen LogP contribution < -0.4 is 9.64 Å². The highest BCUT2D eigenvalue weighted by molar-refractivity contribution is 6.51. The second-order valence-corrected chi connectivity index (χ2v) is 9.27. The smallest absolute Gasteiger partial charge is 0.300 e. The standard InChI is InChI=1S/C27H27NO6/c1-15-10-12-21(34-15)23-22(25(31)26(32)28(23)18-8-6-7-9-19(18)29)24(30)17-14-16(27(2,3)4)11-13-20(17)33-5/h6-14,23,29-30H,1-5H3/b24-22+. The zero-order valence-electron chi connectivity index (χ0n) is 19.7. The van der Waals surface area contributed by atoms with Crippen molar-refractivity contribution in [3.8, 4) is 11.5 Å². The molecule has 1 aromatic heterocycles. The minimum absolute atomic E-state index is 0.137. The summed E-state index contributed by atoms with van der Waals surface area (Å²) in [6, 6.07) is 13.9. The van der Waals surface area contributed by atoms with E-state index in [0.717, 1.165) is 10.5 Å². The van der Waals surface area contributed by atoms with Gasteiger partial charge in [0.15, 0.2) is 0 Å². The van der Waals surface area contributed by atoms with Crippen LogP contribution in [0.15, 0.2) is 64.6 Å². The predicted molar refractivity (Wildman–Crippen MR) is 128 cm³/mol. The maximum atomic E-state index is 13.3. The normalized spacial score (nSPS) is 17.9. The zero-order chi connectivity index (χ0) is 24.8. The summed E-state index contributed by atoms with van der Waals surface area (Å²) in [4.78, 5) is 27.7. The molecule has 0 saturated carbocycles. The summed E-state index contributed by atoms with van der Waals surface area (Å²) in [6.07, 6.45) is 0. The number of carbonyl (C=O) groups excluding carboxylic acids is 2. The Morgan fingerprint density at radius 1 is 1.06 bits per heavy atom. The first-order valence-corrected chi connectivity index (χ1v) is 10.9. The molecule has 34 heavy (non-hydrogen) atoms. The largest absolute Gasteiger partial charge is 0.507 e. The van der Waals surface area contributed by atoms with E-state index in [0.29, 0.717) is 17.1 Å². The number of furan rings is 1. The first-order valence-electron chi connectivity index (χ1n) is 10.9. The second-order valence-electron chi connectivity index (χ2n) is 9.27. The number of Topliss-reactive ketones (excluding diaryl/α,β-unsaturated/α-hetero) is 1. The van der Waals surface area contributed by atoms with Gasteiger partial charge in [-0.25, -0.2) is 0 Å². The van der Waals surface area contributed by atoms with Crippen LogP contribution in [0, 0.1) is 6.92 Å². The molecular weight excluding hydrogens is 434 g/mol. The van der Waals surface area contributed by atoms with Gasteiger partial charge in [-0.2, -0.15) is 0 Å². The highest BCUT2D eigenvalue weighted by Crippen LogP contribution is 2.46. The van der Waals surface area contributed by atoms with Crippen LogP contribution in [0.2, 0.25) is 0 Å². The molecule has 4 rings (SSSR count). The van der Waals surface area contributed by atoms with Crippen LogP contribution in [-0.4, -0.2) is 29.0 Å². The van der Waals surface area contributed by atoms with E-state index in [1.807, 2.05) is 26.8 Å². The van der Waals surface area contributed by atoms with Crippen molar-refractivity contribution in [3.63, 3.8) is 0 Å². The Labute approximate surface area is 197 Å². The number of anilines is 1. The number of ketones is 1. The summed E-state index contributed by atoms with van der Waals surface area (Å²) < 4.78 is 11.3. The van der Waals surface area contributed by atoms with Crippen molar-refractivity contribution in [1.82, 2.24) is 0 Å². The number of ether oxygens (including phenoxy) is 1. The Hall–Kier alpha value is -4.00. The molecule has 1 amide bonds. The van der Waals surface area contributed by atoms with Gasteiger partial charge in [0.2, 0.25) is 0 Å². The molecule has 1 saturated heterocycles. The number of amides is 1. The van der Waals surface area contributed by atoms with Gasteiger partial charge in [0.25, 0.3) is 11.7 Å². The van der Waals surface area contributed by atoms with Gasteiger partial charge >= 0.3 is 0 Å². The molecule has 1 aliphatic rings. The van der Waals surface area contributed by atoms with E-state index in [1.165, 1.54) is 19.2 Å². The van der Waals surface area contributed by atoms with Crippen LogP contribution in [0.5, 0.6) is 11.5 Å². The lowest BCUT2D eigenvalue weighted by Gasteiger charge is -2.24. The highest BCUT2D eigenvalue weighted by atomic mass is 16.5. The number of hydrogen-bond acceptors (Lipinski definition) is 6. The third-order valence-corrected chi connectivity index (χ3v) is 5.94. The molecule has 0 aliphatic carbocycles. The molecule has 176 valence electrons. The Morgan fingerprint density at radius 2 is 1.76 bits per heavy atom. The van der Waals surface area contributed by atoms with Gasteiger partial charge in [0.05, 0.1) is 23.9 Å². The van der Waals surface area contributed by atoms with E-state index < -0.39 is 17.7 Å². The van der Waals surface area contributed by atoms with Crippen molar-refractivity contribution in [2.45, 2.75) is 39.2 Å². The monoisotopic (exact) mass is 461 g/mol. The number of hydrogen-bond donors (Lipinski definition) is 2. The SMILES string of the molecule is COc1ccc(C(C)(C)C)cc1/C(O)=C1\C(=O)C(=O)N(c2ccccc2O)C1c1ccc(C)o1. The van der Waals surface area contributed by atoms with Gasteiger partial charge in [0.1, 0.15) is 34.8 Å². The first kappa shape index (κ1) is 23.2. The van der Waals surface area contributed by atoms with Crippen molar-refractivity contribution >= 4 is 23.1 Å². The quantitative estimate of drug-likeness (QED) is 0.314. The summed E-state index contributed by atoms with van der Waals surface area (Å²) in [5, 5.41) is 21.9. The lowest BCUT2D eigenvalue weighted by atomic mass is 9.85. The number of para-hydroxylation sites is 2. The number of nitrogens with zero attached hydrogens (tertiary/aromatic N) is 1. The molecular formula is C27H27NO6. The van der Waals surface area contributed by atoms with Crippen molar-refractivity contribution < 1.29 is 29.0 Å². The van der Waals surface area contributed by atoms with E-state index in [-0.39, 0.29) is 33.9 Å². The number of phenols is 1. The molecule has 2 aromatic carbocycles. The summed E-state index contributed by atoms with van der Waals surface area (Å²) in [5.74, 6) is -1.11. The van der Waals surface area contributed by atoms with Crippen LogP contribution in [0.4, 0.5) is 5.69 Å². The van der Waals surface area contributed by atoms with Crippen LogP contribution >= 0.6 is 0 Å². The fourth-order valence-electron chi connectivity index (χ4n) is 4.12. The van der Waals surface area contributed by atoms with Crippen LogP contribution in [0.1, 0.15) is 49.5 Å². The number of aromatic hydroxyl groups is 1.